The lowest BCUT2D eigenvalue weighted by molar-refractivity contribution is -0.117. The smallest absolute Gasteiger partial charge is 0.324 e. The average molecular weight is 391 g/mol. The summed E-state index contributed by atoms with van der Waals surface area (Å²) < 4.78 is 16.4. The Balaban J connectivity index is 2.33. The molecular formula is C12H11BrN2O4S2. The number of carbonyl (C=O) groups is 1. The van der Waals surface area contributed by atoms with Crippen LogP contribution in [0.2, 0.25) is 0 Å². The number of hydrogen-bond acceptors (Lipinski definition) is 7. The Bertz CT molecular complexity index is 628. The molecule has 21 heavy (non-hydrogen) atoms. The summed E-state index contributed by atoms with van der Waals surface area (Å²) in [5.41, 5.74) is 0. The SMILES string of the molecule is COc1cc(OC)nc(OC(C(=O)S)c2sccc2Br)n1. The maximum absolute atomic E-state index is 11.7. The van der Waals surface area contributed by atoms with Gasteiger partial charge in [-0.3, -0.25) is 4.79 Å². The summed E-state index contributed by atoms with van der Waals surface area (Å²) in [6, 6.07) is 3.30. The van der Waals surface area contributed by atoms with E-state index in [1.165, 1.54) is 31.6 Å². The van der Waals surface area contributed by atoms with E-state index in [2.05, 4.69) is 38.5 Å². The van der Waals surface area contributed by atoms with Crippen LogP contribution in [0, 0.1) is 0 Å². The molecule has 9 heteroatoms. The fourth-order valence-corrected chi connectivity index (χ4v) is 3.33. The summed E-state index contributed by atoms with van der Waals surface area (Å²) >= 11 is 8.58. The number of methoxy groups -OCH3 is 2. The Morgan fingerprint density at radius 1 is 1.33 bits per heavy atom. The third-order valence-corrected chi connectivity index (χ3v) is 4.56. The highest BCUT2D eigenvalue weighted by molar-refractivity contribution is 9.10. The second-order valence-electron chi connectivity index (χ2n) is 3.70. The number of rotatable bonds is 6. The lowest BCUT2D eigenvalue weighted by Gasteiger charge is -2.14. The van der Waals surface area contributed by atoms with Crippen LogP contribution < -0.4 is 14.2 Å². The Morgan fingerprint density at radius 3 is 2.38 bits per heavy atom. The molecule has 0 aliphatic carbocycles. The largest absolute Gasteiger partial charge is 0.481 e. The zero-order valence-corrected chi connectivity index (χ0v) is 14.4. The molecule has 112 valence electrons. The van der Waals surface area contributed by atoms with E-state index in [1.54, 1.807) is 0 Å². The predicted octanol–water partition coefficient (Wildman–Crippen LogP) is 2.89. The van der Waals surface area contributed by atoms with E-state index in [0.29, 0.717) is 4.88 Å². The number of nitrogens with zero attached hydrogens (tertiary/aromatic N) is 2. The molecule has 0 N–H and O–H groups in total. The van der Waals surface area contributed by atoms with Gasteiger partial charge in [0.1, 0.15) is 0 Å². The lowest BCUT2D eigenvalue weighted by atomic mass is 10.3. The zero-order valence-electron chi connectivity index (χ0n) is 11.1. The van der Waals surface area contributed by atoms with Gasteiger partial charge < -0.3 is 14.2 Å². The van der Waals surface area contributed by atoms with E-state index in [0.717, 1.165) is 4.47 Å². The molecule has 2 aromatic rings. The first-order valence-corrected chi connectivity index (χ1v) is 7.76. The number of carbonyl (C=O) groups excluding carboxylic acids is 1. The molecule has 0 aromatic carbocycles. The minimum absolute atomic E-state index is 0.0288. The molecule has 0 bridgehead atoms. The molecule has 0 spiro atoms. The van der Waals surface area contributed by atoms with E-state index < -0.39 is 11.2 Å². The van der Waals surface area contributed by atoms with Gasteiger partial charge in [0.2, 0.25) is 23.0 Å². The Labute approximate surface area is 139 Å². The van der Waals surface area contributed by atoms with E-state index in [9.17, 15) is 4.79 Å². The first-order chi connectivity index (χ1) is 10.0. The molecule has 0 fully saturated rings. The minimum Gasteiger partial charge on any atom is -0.481 e. The van der Waals surface area contributed by atoms with Crippen molar-refractivity contribution < 1.29 is 19.0 Å². The summed E-state index contributed by atoms with van der Waals surface area (Å²) in [6.07, 6.45) is -0.917. The van der Waals surface area contributed by atoms with Crippen molar-refractivity contribution in [3.05, 3.63) is 26.9 Å². The normalized spacial score (nSPS) is 11.8. The van der Waals surface area contributed by atoms with Crippen LogP contribution in [0.15, 0.2) is 22.0 Å². The number of ether oxygens (including phenoxy) is 3. The fourth-order valence-electron chi connectivity index (χ4n) is 1.46. The molecule has 1 unspecified atom stereocenters. The van der Waals surface area contributed by atoms with Crippen LogP contribution in [0.3, 0.4) is 0 Å². The summed E-state index contributed by atoms with van der Waals surface area (Å²) in [5.74, 6) is 0.542. The van der Waals surface area contributed by atoms with Crippen molar-refractivity contribution in [2.45, 2.75) is 6.10 Å². The van der Waals surface area contributed by atoms with Crippen molar-refractivity contribution in [3.63, 3.8) is 0 Å². The number of aromatic nitrogens is 2. The van der Waals surface area contributed by atoms with Crippen molar-refractivity contribution in [1.82, 2.24) is 9.97 Å². The number of thiol groups is 1. The maximum atomic E-state index is 11.7. The summed E-state index contributed by atoms with van der Waals surface area (Å²) in [7, 11) is 2.92. The van der Waals surface area contributed by atoms with Crippen molar-refractivity contribution in [1.29, 1.82) is 0 Å². The molecule has 0 saturated heterocycles. The van der Waals surface area contributed by atoms with Crippen molar-refractivity contribution in [2.24, 2.45) is 0 Å². The van der Waals surface area contributed by atoms with E-state index in [4.69, 9.17) is 14.2 Å². The van der Waals surface area contributed by atoms with Crippen molar-refractivity contribution >= 4 is 45.0 Å². The third-order valence-electron chi connectivity index (χ3n) is 2.41. The topological polar surface area (TPSA) is 70.5 Å². The maximum Gasteiger partial charge on any atom is 0.324 e. The fraction of sp³-hybridized carbons (Fsp3) is 0.250. The molecule has 0 amide bonds. The quantitative estimate of drug-likeness (QED) is 0.764. The summed E-state index contributed by atoms with van der Waals surface area (Å²) in [6.45, 7) is 0. The summed E-state index contributed by atoms with van der Waals surface area (Å²) in [4.78, 5) is 20.5. The van der Waals surface area contributed by atoms with Gasteiger partial charge in [-0.2, -0.15) is 9.97 Å². The van der Waals surface area contributed by atoms with Crippen LogP contribution in [-0.4, -0.2) is 29.3 Å². The van der Waals surface area contributed by atoms with Gasteiger partial charge >= 0.3 is 6.01 Å². The van der Waals surface area contributed by atoms with E-state index in [1.807, 2.05) is 11.4 Å². The Kier molecular flexibility index (Phi) is 5.43. The minimum atomic E-state index is -0.917. The number of thiophene rings is 1. The molecule has 6 nitrogen and oxygen atoms in total. The molecule has 2 rings (SSSR count). The molecular weight excluding hydrogens is 380 g/mol. The van der Waals surface area contributed by atoms with Gasteiger partial charge in [-0.05, 0) is 27.4 Å². The van der Waals surface area contributed by atoms with Crippen LogP contribution in [0.5, 0.6) is 17.8 Å². The highest BCUT2D eigenvalue weighted by Gasteiger charge is 2.25. The van der Waals surface area contributed by atoms with Crippen LogP contribution in [0.1, 0.15) is 11.0 Å². The Morgan fingerprint density at radius 2 is 1.95 bits per heavy atom. The van der Waals surface area contributed by atoms with Crippen LogP contribution in [0.25, 0.3) is 0 Å². The van der Waals surface area contributed by atoms with Gasteiger partial charge in [0.05, 0.1) is 25.2 Å². The standard InChI is InChI=1S/C12H11BrN2O4S2/c1-17-7-5-8(18-2)15-12(14-7)19-9(11(16)20)10-6(13)3-4-21-10/h3-5,9H,1-2H3,(H,16,20). The van der Waals surface area contributed by atoms with Crippen LogP contribution in [-0.2, 0) is 4.79 Å². The number of hydrogen-bond donors (Lipinski definition) is 1. The van der Waals surface area contributed by atoms with Crippen molar-refractivity contribution in [3.8, 4) is 17.8 Å². The van der Waals surface area contributed by atoms with E-state index in [-0.39, 0.29) is 17.8 Å². The molecule has 0 saturated carbocycles. The van der Waals surface area contributed by atoms with E-state index >= 15 is 0 Å². The molecule has 0 aliphatic rings. The van der Waals surface area contributed by atoms with Gasteiger partial charge in [0, 0.05) is 4.47 Å². The third kappa shape index (κ3) is 3.86. The first kappa shape index (κ1) is 16.1. The molecule has 2 aromatic heterocycles. The monoisotopic (exact) mass is 390 g/mol. The molecule has 2 heterocycles. The Hall–Kier alpha value is -1.32. The predicted molar refractivity (Wildman–Crippen MR) is 84.5 cm³/mol. The molecule has 0 aliphatic heterocycles. The van der Waals surface area contributed by atoms with Gasteiger partial charge in [-0.25, -0.2) is 0 Å². The molecule has 0 radical (unpaired) electrons. The molecule has 1 atom stereocenters. The number of halogens is 1. The van der Waals surface area contributed by atoms with Gasteiger partial charge in [0.15, 0.2) is 0 Å². The zero-order chi connectivity index (χ0) is 15.4. The van der Waals surface area contributed by atoms with Crippen molar-refractivity contribution in [2.75, 3.05) is 14.2 Å². The highest BCUT2D eigenvalue weighted by Crippen LogP contribution is 2.33. The van der Waals surface area contributed by atoms with Crippen LogP contribution in [0.4, 0.5) is 0 Å². The second-order valence-corrected chi connectivity index (χ2v) is 5.95. The van der Waals surface area contributed by atoms with Gasteiger partial charge in [0.25, 0.3) is 0 Å². The van der Waals surface area contributed by atoms with Gasteiger partial charge in [-0.15, -0.1) is 24.0 Å². The second kappa shape index (κ2) is 7.10. The summed E-state index contributed by atoms with van der Waals surface area (Å²) in [5, 5.41) is 1.38. The van der Waals surface area contributed by atoms with Gasteiger partial charge in [-0.1, -0.05) is 0 Å². The van der Waals surface area contributed by atoms with Crippen LogP contribution >= 0.6 is 39.9 Å². The lowest BCUT2D eigenvalue weighted by Crippen LogP contribution is -2.15. The average Bonchev–Trinajstić information content (AvgIpc) is 2.89. The first-order valence-electron chi connectivity index (χ1n) is 5.64. The highest BCUT2D eigenvalue weighted by atomic mass is 79.9.